The molecule has 0 bridgehead atoms. The van der Waals surface area contributed by atoms with E-state index in [2.05, 4.69) is 87.6 Å². The number of allylic oxidation sites excluding steroid dienone is 12. The maximum Gasteiger partial charge on any atom is 0.306 e. The van der Waals surface area contributed by atoms with Crippen molar-refractivity contribution in [3.8, 4) is 0 Å². The molecule has 0 aliphatic heterocycles. The molecule has 0 radical (unpaired) electrons. The van der Waals surface area contributed by atoms with Crippen LogP contribution in [0.15, 0.2) is 72.9 Å². The first kappa shape index (κ1) is 68.8. The Labute approximate surface area is 446 Å². The molecule has 0 heterocycles. The van der Waals surface area contributed by atoms with E-state index in [1.165, 1.54) is 199 Å². The molecule has 0 rings (SSSR count). The van der Waals surface area contributed by atoms with E-state index in [1.54, 1.807) is 0 Å². The van der Waals surface area contributed by atoms with Crippen LogP contribution in [-0.2, 0) is 28.6 Å². The van der Waals surface area contributed by atoms with Crippen molar-refractivity contribution >= 4 is 17.9 Å². The van der Waals surface area contributed by atoms with Crippen molar-refractivity contribution in [3.05, 3.63) is 72.9 Å². The molecule has 0 amide bonds. The third-order valence-electron chi connectivity index (χ3n) is 13.4. The average molecular weight is 1010 g/mol. The molecular formula is C66H116O6. The monoisotopic (exact) mass is 1000 g/mol. The molecule has 1 atom stereocenters. The van der Waals surface area contributed by atoms with Gasteiger partial charge in [0.2, 0.25) is 0 Å². The van der Waals surface area contributed by atoms with Gasteiger partial charge in [-0.3, -0.25) is 14.4 Å². The van der Waals surface area contributed by atoms with Crippen LogP contribution in [0.1, 0.15) is 310 Å². The van der Waals surface area contributed by atoms with Crippen molar-refractivity contribution in [2.75, 3.05) is 13.2 Å². The quantitative estimate of drug-likeness (QED) is 0.0261. The predicted molar refractivity (Wildman–Crippen MR) is 311 cm³/mol. The molecule has 0 aliphatic rings. The Hall–Kier alpha value is -3.15. The summed E-state index contributed by atoms with van der Waals surface area (Å²) in [6.45, 7) is 6.49. The summed E-state index contributed by atoms with van der Waals surface area (Å²) in [4.78, 5) is 38.2. The second kappa shape index (κ2) is 60.4. The number of carbonyl (C=O) groups is 3. The van der Waals surface area contributed by atoms with Crippen LogP contribution >= 0.6 is 0 Å². The number of hydrogen-bond donors (Lipinski definition) is 0. The van der Waals surface area contributed by atoms with E-state index in [-0.39, 0.29) is 37.5 Å². The number of esters is 3. The van der Waals surface area contributed by atoms with Gasteiger partial charge in [0.15, 0.2) is 6.10 Å². The van der Waals surface area contributed by atoms with Gasteiger partial charge in [0.05, 0.1) is 0 Å². The third kappa shape index (κ3) is 57.7. The highest BCUT2D eigenvalue weighted by Gasteiger charge is 2.19. The van der Waals surface area contributed by atoms with Gasteiger partial charge in [-0.1, -0.05) is 267 Å². The van der Waals surface area contributed by atoms with Gasteiger partial charge in [0.1, 0.15) is 13.2 Å². The molecule has 0 spiro atoms. The first-order chi connectivity index (χ1) is 35.5. The Morgan fingerprint density at radius 1 is 0.292 bits per heavy atom. The zero-order chi connectivity index (χ0) is 52.2. The summed E-state index contributed by atoms with van der Waals surface area (Å²) in [6.07, 6.45) is 77.8. The summed E-state index contributed by atoms with van der Waals surface area (Å²) in [6, 6.07) is 0. The Kier molecular flexibility index (Phi) is 57.8. The Morgan fingerprint density at radius 2 is 0.569 bits per heavy atom. The van der Waals surface area contributed by atoms with E-state index in [0.29, 0.717) is 19.3 Å². The number of carbonyl (C=O) groups excluding carboxylic acids is 3. The SMILES string of the molecule is CC/C=C\C/C=C\C/C=C\C/C=C\CCC(=O)OCC(COC(=O)CCCCCCCCCCCCC/C=C\CCCCCCCCCC)OC(=O)CCCCCCCCC/C=C\CCCCCCCCC. The van der Waals surface area contributed by atoms with Crippen molar-refractivity contribution < 1.29 is 28.6 Å². The van der Waals surface area contributed by atoms with Gasteiger partial charge >= 0.3 is 17.9 Å². The fraction of sp³-hybridized carbons (Fsp3) is 0.773. The topological polar surface area (TPSA) is 78.9 Å². The highest BCUT2D eigenvalue weighted by Crippen LogP contribution is 2.16. The Bertz CT molecular complexity index is 1340. The van der Waals surface area contributed by atoms with Gasteiger partial charge in [0.25, 0.3) is 0 Å². The number of ether oxygens (including phenoxy) is 3. The maximum absolute atomic E-state index is 12.9. The zero-order valence-electron chi connectivity index (χ0n) is 47.7. The summed E-state index contributed by atoms with van der Waals surface area (Å²) in [7, 11) is 0. The van der Waals surface area contributed by atoms with Crippen LogP contribution < -0.4 is 0 Å². The molecule has 6 heteroatoms. The molecule has 6 nitrogen and oxygen atoms in total. The highest BCUT2D eigenvalue weighted by molar-refractivity contribution is 5.71. The minimum absolute atomic E-state index is 0.0981. The average Bonchev–Trinajstić information content (AvgIpc) is 3.38. The summed E-state index contributed by atoms with van der Waals surface area (Å²) >= 11 is 0. The lowest BCUT2D eigenvalue weighted by Gasteiger charge is -2.18. The first-order valence-corrected chi connectivity index (χ1v) is 30.9. The Morgan fingerprint density at radius 3 is 0.931 bits per heavy atom. The maximum atomic E-state index is 12.9. The van der Waals surface area contributed by atoms with Gasteiger partial charge in [-0.15, -0.1) is 0 Å². The van der Waals surface area contributed by atoms with E-state index < -0.39 is 6.10 Å². The van der Waals surface area contributed by atoms with Gasteiger partial charge in [0, 0.05) is 19.3 Å². The second-order valence-corrected chi connectivity index (χ2v) is 20.6. The lowest BCUT2D eigenvalue weighted by atomic mass is 10.0. The Balaban J connectivity index is 4.35. The van der Waals surface area contributed by atoms with Crippen LogP contribution in [0.5, 0.6) is 0 Å². The largest absolute Gasteiger partial charge is 0.462 e. The summed E-state index contributed by atoms with van der Waals surface area (Å²) in [5, 5.41) is 0. The van der Waals surface area contributed by atoms with Crippen LogP contribution in [0.3, 0.4) is 0 Å². The van der Waals surface area contributed by atoms with E-state index in [4.69, 9.17) is 14.2 Å². The molecule has 0 aromatic carbocycles. The van der Waals surface area contributed by atoms with Gasteiger partial charge in [-0.05, 0) is 96.3 Å². The molecular weight excluding hydrogens is 889 g/mol. The van der Waals surface area contributed by atoms with E-state index in [0.717, 1.165) is 64.2 Å². The fourth-order valence-electron chi connectivity index (χ4n) is 8.80. The van der Waals surface area contributed by atoms with Crippen LogP contribution in [0.4, 0.5) is 0 Å². The minimum atomic E-state index is -0.807. The number of rotatable bonds is 56. The molecule has 72 heavy (non-hydrogen) atoms. The molecule has 0 saturated heterocycles. The van der Waals surface area contributed by atoms with Crippen molar-refractivity contribution in [2.24, 2.45) is 0 Å². The molecule has 0 fully saturated rings. The van der Waals surface area contributed by atoms with Crippen molar-refractivity contribution in [3.63, 3.8) is 0 Å². The third-order valence-corrected chi connectivity index (χ3v) is 13.4. The molecule has 0 aromatic heterocycles. The summed E-state index contributed by atoms with van der Waals surface area (Å²) in [5.74, 6) is -0.977. The second-order valence-electron chi connectivity index (χ2n) is 20.6. The molecule has 0 N–H and O–H groups in total. The summed E-state index contributed by atoms with van der Waals surface area (Å²) < 4.78 is 16.8. The highest BCUT2D eigenvalue weighted by atomic mass is 16.6. The van der Waals surface area contributed by atoms with Crippen molar-refractivity contribution in [1.82, 2.24) is 0 Å². The number of unbranched alkanes of at least 4 members (excludes halogenated alkanes) is 33. The van der Waals surface area contributed by atoms with E-state index in [9.17, 15) is 14.4 Å². The molecule has 0 saturated carbocycles. The van der Waals surface area contributed by atoms with Crippen LogP contribution in [0.25, 0.3) is 0 Å². The lowest BCUT2D eigenvalue weighted by molar-refractivity contribution is -0.166. The van der Waals surface area contributed by atoms with Crippen molar-refractivity contribution in [1.29, 1.82) is 0 Å². The van der Waals surface area contributed by atoms with Crippen LogP contribution in [-0.4, -0.2) is 37.2 Å². The fourth-order valence-corrected chi connectivity index (χ4v) is 8.80. The van der Waals surface area contributed by atoms with Gasteiger partial charge in [-0.25, -0.2) is 0 Å². The summed E-state index contributed by atoms with van der Waals surface area (Å²) in [5.41, 5.74) is 0. The molecule has 0 aromatic rings. The predicted octanol–water partition coefficient (Wildman–Crippen LogP) is 20.9. The molecule has 416 valence electrons. The smallest absolute Gasteiger partial charge is 0.306 e. The van der Waals surface area contributed by atoms with Crippen LogP contribution in [0.2, 0.25) is 0 Å². The van der Waals surface area contributed by atoms with E-state index in [1.807, 2.05) is 6.08 Å². The van der Waals surface area contributed by atoms with Gasteiger partial charge in [-0.2, -0.15) is 0 Å². The first-order valence-electron chi connectivity index (χ1n) is 30.9. The number of hydrogen-bond acceptors (Lipinski definition) is 6. The standard InChI is InChI=1S/C66H116O6/c1-4-7-10-13-16-19-22-25-27-29-31-32-33-34-35-37-38-41-44-47-50-53-56-59-65(68)71-62-63(61-70-64(67)58-55-52-49-46-43-40-24-21-18-15-12-9-6-3)72-66(69)60-57-54-51-48-45-42-39-36-30-28-26-23-20-17-14-11-8-5-2/h9,12,18,21,28-31,40,43,49,52,63H,4-8,10-11,13-17,19-20,22-27,32-39,41-42,44-48,50-51,53-62H2,1-3H3/b12-9-,21-18-,30-28-,31-29-,43-40-,52-49-. The van der Waals surface area contributed by atoms with Crippen molar-refractivity contribution in [2.45, 2.75) is 316 Å². The van der Waals surface area contributed by atoms with Crippen LogP contribution in [0, 0.1) is 0 Å². The lowest BCUT2D eigenvalue weighted by Crippen LogP contribution is -2.30. The van der Waals surface area contributed by atoms with Gasteiger partial charge < -0.3 is 14.2 Å². The van der Waals surface area contributed by atoms with E-state index >= 15 is 0 Å². The zero-order valence-corrected chi connectivity index (χ0v) is 47.7. The molecule has 0 aliphatic carbocycles. The normalized spacial score (nSPS) is 12.5. The minimum Gasteiger partial charge on any atom is -0.462 e. The molecule has 1 unspecified atom stereocenters.